The molecule has 0 saturated carbocycles. The van der Waals surface area contributed by atoms with Gasteiger partial charge in [0.2, 0.25) is 0 Å². The molecule has 9 nitrogen and oxygen atoms in total. The van der Waals surface area contributed by atoms with Crippen LogP contribution in [0.25, 0.3) is 11.1 Å². The van der Waals surface area contributed by atoms with Gasteiger partial charge in [0.15, 0.2) is 5.75 Å². The van der Waals surface area contributed by atoms with Crippen molar-refractivity contribution in [1.82, 2.24) is 20.1 Å². The molecule has 10 heteroatoms. The molecule has 0 bridgehead atoms. The smallest absolute Gasteiger partial charge is 0.328 e. The summed E-state index contributed by atoms with van der Waals surface area (Å²) in [5, 5.41) is 6.66. The molecule has 0 radical (unpaired) electrons. The standard InChI is InChI=1S/C23H23ClN4O5/c1-13-5-10-16(20(24)26-13)21(29)27-17(23(31)33-4)11-14-6-8-15(9-7-14)19-18(32-3)12-25-28(2)22(19)30/h5-10,12,17H,11H2,1-4H3,(H,27,29)/t17-/m0/s1. The van der Waals surface area contributed by atoms with Gasteiger partial charge in [-0.05, 0) is 30.2 Å². The number of carbonyl (C=O) groups excluding carboxylic acids is 2. The highest BCUT2D eigenvalue weighted by molar-refractivity contribution is 6.32. The molecule has 1 amide bonds. The number of hydrogen-bond donors (Lipinski definition) is 1. The quantitative estimate of drug-likeness (QED) is 0.416. The maximum atomic E-state index is 12.7. The first-order valence-corrected chi connectivity index (χ1v) is 10.3. The van der Waals surface area contributed by atoms with Gasteiger partial charge < -0.3 is 14.8 Å². The molecule has 2 aromatic heterocycles. The molecule has 33 heavy (non-hydrogen) atoms. The number of aromatic nitrogens is 3. The minimum atomic E-state index is -0.950. The van der Waals surface area contributed by atoms with E-state index in [1.807, 2.05) is 0 Å². The van der Waals surface area contributed by atoms with E-state index in [9.17, 15) is 14.4 Å². The number of rotatable bonds is 7. The molecule has 0 fully saturated rings. The molecule has 0 saturated heterocycles. The van der Waals surface area contributed by atoms with E-state index in [1.165, 1.54) is 25.1 Å². The first-order chi connectivity index (χ1) is 15.7. The number of esters is 1. The molecule has 3 aromatic rings. The van der Waals surface area contributed by atoms with Crippen molar-refractivity contribution in [1.29, 1.82) is 0 Å². The summed E-state index contributed by atoms with van der Waals surface area (Å²) in [5.41, 5.74) is 2.28. The van der Waals surface area contributed by atoms with Crippen LogP contribution in [0.4, 0.5) is 0 Å². The van der Waals surface area contributed by atoms with Gasteiger partial charge in [-0.3, -0.25) is 9.59 Å². The predicted molar refractivity (Wildman–Crippen MR) is 122 cm³/mol. The summed E-state index contributed by atoms with van der Waals surface area (Å²) in [5.74, 6) is -0.785. The Hall–Kier alpha value is -3.72. The third-order valence-electron chi connectivity index (χ3n) is 5.03. The molecule has 172 valence electrons. The van der Waals surface area contributed by atoms with Crippen molar-refractivity contribution in [3.05, 3.63) is 74.9 Å². The molecular weight excluding hydrogens is 448 g/mol. The van der Waals surface area contributed by atoms with Crippen molar-refractivity contribution in [2.24, 2.45) is 7.05 Å². The van der Waals surface area contributed by atoms with Crippen LogP contribution in [0.5, 0.6) is 5.75 Å². The lowest BCUT2D eigenvalue weighted by Crippen LogP contribution is -2.43. The molecular formula is C23H23ClN4O5. The Morgan fingerprint density at radius 2 is 1.85 bits per heavy atom. The van der Waals surface area contributed by atoms with Gasteiger partial charge in [0.1, 0.15) is 11.2 Å². The number of pyridine rings is 1. The first-order valence-electron chi connectivity index (χ1n) is 9.96. The molecule has 2 heterocycles. The van der Waals surface area contributed by atoms with Gasteiger partial charge in [-0.2, -0.15) is 5.10 Å². The summed E-state index contributed by atoms with van der Waals surface area (Å²) >= 11 is 6.08. The number of halogens is 1. The van der Waals surface area contributed by atoms with Gasteiger partial charge >= 0.3 is 5.97 Å². The maximum Gasteiger partial charge on any atom is 0.328 e. The van der Waals surface area contributed by atoms with E-state index in [1.54, 1.807) is 50.4 Å². The third kappa shape index (κ3) is 5.38. The summed E-state index contributed by atoms with van der Waals surface area (Å²) in [4.78, 5) is 41.6. The number of carbonyl (C=O) groups is 2. The zero-order valence-electron chi connectivity index (χ0n) is 18.6. The summed E-state index contributed by atoms with van der Waals surface area (Å²) in [6.07, 6.45) is 1.64. The van der Waals surface area contributed by atoms with Crippen molar-refractivity contribution in [3.63, 3.8) is 0 Å². The number of nitrogens with one attached hydrogen (secondary N) is 1. The predicted octanol–water partition coefficient (Wildman–Crippen LogP) is 2.33. The lowest BCUT2D eigenvalue weighted by molar-refractivity contribution is -0.142. The number of ether oxygens (including phenoxy) is 2. The summed E-state index contributed by atoms with van der Waals surface area (Å²) in [6.45, 7) is 1.76. The van der Waals surface area contributed by atoms with Gasteiger partial charge in [-0.1, -0.05) is 35.9 Å². The highest BCUT2D eigenvalue weighted by atomic mass is 35.5. The van der Waals surface area contributed by atoms with Crippen LogP contribution in [0.2, 0.25) is 5.15 Å². The van der Waals surface area contributed by atoms with Crippen molar-refractivity contribution < 1.29 is 19.1 Å². The lowest BCUT2D eigenvalue weighted by Gasteiger charge is -2.17. The summed E-state index contributed by atoms with van der Waals surface area (Å²) in [6, 6.07) is 9.26. The Morgan fingerprint density at radius 1 is 1.15 bits per heavy atom. The Kier molecular flexibility index (Phi) is 7.44. The fourth-order valence-corrected chi connectivity index (χ4v) is 3.53. The molecule has 3 rings (SSSR count). The topological polar surface area (TPSA) is 112 Å². The van der Waals surface area contributed by atoms with Crippen LogP contribution in [0.3, 0.4) is 0 Å². The molecule has 0 spiro atoms. The van der Waals surface area contributed by atoms with Gasteiger partial charge in [0, 0.05) is 19.2 Å². The highest BCUT2D eigenvalue weighted by Crippen LogP contribution is 2.26. The van der Waals surface area contributed by atoms with E-state index in [0.717, 1.165) is 5.56 Å². The van der Waals surface area contributed by atoms with Crippen LogP contribution in [0, 0.1) is 6.92 Å². The van der Waals surface area contributed by atoms with E-state index >= 15 is 0 Å². The second-order valence-electron chi connectivity index (χ2n) is 7.26. The normalized spacial score (nSPS) is 11.5. The monoisotopic (exact) mass is 470 g/mol. The zero-order chi connectivity index (χ0) is 24.1. The average Bonchev–Trinajstić information content (AvgIpc) is 2.80. The number of benzene rings is 1. The summed E-state index contributed by atoms with van der Waals surface area (Å²) < 4.78 is 11.4. The van der Waals surface area contributed by atoms with E-state index in [0.29, 0.717) is 22.6 Å². The molecule has 0 aliphatic carbocycles. The molecule has 0 unspecified atom stereocenters. The van der Waals surface area contributed by atoms with Gasteiger partial charge in [0.25, 0.3) is 11.5 Å². The Bertz CT molecular complexity index is 1240. The van der Waals surface area contributed by atoms with Crippen molar-refractivity contribution in [3.8, 4) is 16.9 Å². The molecule has 1 atom stereocenters. The van der Waals surface area contributed by atoms with Gasteiger partial charge in [-0.25, -0.2) is 14.5 Å². The molecule has 0 aliphatic heterocycles. The second kappa shape index (κ2) is 10.3. The van der Waals surface area contributed by atoms with E-state index < -0.39 is 17.9 Å². The van der Waals surface area contributed by atoms with Crippen LogP contribution < -0.4 is 15.6 Å². The Balaban J connectivity index is 1.84. The van der Waals surface area contributed by atoms with Crippen molar-refractivity contribution >= 4 is 23.5 Å². The maximum absolute atomic E-state index is 12.7. The minimum Gasteiger partial charge on any atom is -0.494 e. The number of methoxy groups -OCH3 is 2. The molecule has 0 aliphatic rings. The molecule has 1 aromatic carbocycles. The number of aryl methyl sites for hydroxylation is 2. The summed E-state index contributed by atoms with van der Waals surface area (Å²) in [7, 11) is 4.27. The van der Waals surface area contributed by atoms with Crippen molar-refractivity contribution in [2.75, 3.05) is 14.2 Å². The van der Waals surface area contributed by atoms with E-state index in [4.69, 9.17) is 21.1 Å². The average molecular weight is 471 g/mol. The SMILES string of the molecule is COC(=O)[C@H](Cc1ccc(-c2c(OC)cnn(C)c2=O)cc1)NC(=O)c1ccc(C)nc1Cl. The van der Waals surface area contributed by atoms with Gasteiger partial charge in [-0.15, -0.1) is 0 Å². The van der Waals surface area contributed by atoms with Crippen LogP contribution in [0.15, 0.2) is 47.4 Å². The van der Waals surface area contributed by atoms with E-state index in [-0.39, 0.29) is 22.7 Å². The Morgan fingerprint density at radius 3 is 2.45 bits per heavy atom. The van der Waals surface area contributed by atoms with Crippen molar-refractivity contribution in [2.45, 2.75) is 19.4 Å². The largest absolute Gasteiger partial charge is 0.494 e. The van der Waals surface area contributed by atoms with Crippen LogP contribution in [-0.4, -0.2) is 46.9 Å². The zero-order valence-corrected chi connectivity index (χ0v) is 19.3. The van der Waals surface area contributed by atoms with Gasteiger partial charge in [0.05, 0.1) is 31.5 Å². The fourth-order valence-electron chi connectivity index (χ4n) is 3.25. The lowest BCUT2D eigenvalue weighted by atomic mass is 10.0. The fraction of sp³-hybridized carbons (Fsp3) is 0.261. The van der Waals surface area contributed by atoms with Crippen LogP contribution >= 0.6 is 11.6 Å². The number of amides is 1. The van der Waals surface area contributed by atoms with Crippen LogP contribution in [0.1, 0.15) is 21.6 Å². The third-order valence-corrected chi connectivity index (χ3v) is 5.32. The first kappa shape index (κ1) is 23.9. The number of hydrogen-bond acceptors (Lipinski definition) is 7. The number of nitrogens with zero attached hydrogens (tertiary/aromatic N) is 3. The molecule has 1 N–H and O–H groups in total. The Labute approximate surface area is 195 Å². The minimum absolute atomic E-state index is 0.0494. The second-order valence-corrected chi connectivity index (χ2v) is 7.62. The van der Waals surface area contributed by atoms with Crippen LogP contribution in [-0.2, 0) is 23.0 Å². The van der Waals surface area contributed by atoms with E-state index in [2.05, 4.69) is 15.4 Å². The highest BCUT2D eigenvalue weighted by Gasteiger charge is 2.24.